The van der Waals surface area contributed by atoms with Gasteiger partial charge in [-0.1, -0.05) is 6.92 Å². The van der Waals surface area contributed by atoms with Gasteiger partial charge in [0.05, 0.1) is 18.3 Å². The van der Waals surface area contributed by atoms with Crippen LogP contribution in [0.2, 0.25) is 0 Å². The molecule has 1 atom stereocenters. The Hall–Kier alpha value is -1.07. The molecule has 0 saturated carbocycles. The first-order chi connectivity index (χ1) is 9.21. The SMILES string of the molecule is CCOCCCn1cc(C)nc1NC(CC)COC. The molecule has 0 bridgehead atoms. The predicted molar refractivity (Wildman–Crippen MR) is 77.7 cm³/mol. The van der Waals surface area contributed by atoms with Crippen LogP contribution in [0, 0.1) is 6.92 Å². The topological polar surface area (TPSA) is 48.3 Å². The van der Waals surface area contributed by atoms with Crippen LogP contribution in [0.1, 0.15) is 32.4 Å². The molecule has 0 saturated heterocycles. The second-order valence-electron chi connectivity index (χ2n) is 4.65. The number of aromatic nitrogens is 2. The highest BCUT2D eigenvalue weighted by Crippen LogP contribution is 2.12. The third-order valence-corrected chi connectivity index (χ3v) is 2.98. The van der Waals surface area contributed by atoms with E-state index in [-0.39, 0.29) is 0 Å². The van der Waals surface area contributed by atoms with Crippen LogP contribution in [0.5, 0.6) is 0 Å². The predicted octanol–water partition coefficient (Wildman–Crippen LogP) is 2.46. The highest BCUT2D eigenvalue weighted by Gasteiger charge is 2.11. The quantitative estimate of drug-likeness (QED) is 0.663. The molecule has 1 heterocycles. The molecule has 1 unspecified atom stereocenters. The molecule has 0 aromatic carbocycles. The zero-order valence-electron chi connectivity index (χ0n) is 12.6. The monoisotopic (exact) mass is 269 g/mol. The zero-order chi connectivity index (χ0) is 14.1. The Balaban J connectivity index is 2.56. The van der Waals surface area contributed by atoms with Gasteiger partial charge in [-0.05, 0) is 26.7 Å². The molecule has 0 aliphatic carbocycles. The van der Waals surface area contributed by atoms with E-state index in [1.54, 1.807) is 7.11 Å². The first-order valence-corrected chi connectivity index (χ1v) is 7.08. The van der Waals surface area contributed by atoms with Crippen LogP contribution >= 0.6 is 0 Å². The molecule has 5 nitrogen and oxygen atoms in total. The number of hydrogen-bond acceptors (Lipinski definition) is 4. The molecule has 0 aliphatic rings. The van der Waals surface area contributed by atoms with Crippen LogP contribution in [0.3, 0.4) is 0 Å². The molecule has 5 heteroatoms. The Labute approximate surface area is 116 Å². The number of nitrogens with zero attached hydrogens (tertiary/aromatic N) is 2. The van der Waals surface area contributed by atoms with Crippen molar-refractivity contribution in [3.05, 3.63) is 11.9 Å². The molecular formula is C14H27N3O2. The van der Waals surface area contributed by atoms with E-state index in [4.69, 9.17) is 9.47 Å². The average molecular weight is 269 g/mol. The van der Waals surface area contributed by atoms with Crippen molar-refractivity contribution in [2.45, 2.75) is 46.2 Å². The average Bonchev–Trinajstić information content (AvgIpc) is 2.74. The Kier molecular flexibility index (Phi) is 7.52. The summed E-state index contributed by atoms with van der Waals surface area (Å²) in [6, 6.07) is 0.303. The lowest BCUT2D eigenvalue weighted by Gasteiger charge is -2.17. The van der Waals surface area contributed by atoms with Gasteiger partial charge in [0, 0.05) is 33.1 Å². The van der Waals surface area contributed by atoms with Gasteiger partial charge in [-0.15, -0.1) is 0 Å². The summed E-state index contributed by atoms with van der Waals surface area (Å²) in [5, 5.41) is 3.45. The van der Waals surface area contributed by atoms with Gasteiger partial charge >= 0.3 is 0 Å². The Morgan fingerprint density at radius 3 is 2.84 bits per heavy atom. The lowest BCUT2D eigenvalue weighted by atomic mass is 10.2. The molecule has 0 spiro atoms. The van der Waals surface area contributed by atoms with Gasteiger partial charge in [0.2, 0.25) is 5.95 Å². The van der Waals surface area contributed by atoms with Crippen LogP contribution in [0.15, 0.2) is 6.20 Å². The van der Waals surface area contributed by atoms with E-state index in [2.05, 4.69) is 28.0 Å². The van der Waals surface area contributed by atoms with E-state index in [9.17, 15) is 0 Å². The zero-order valence-corrected chi connectivity index (χ0v) is 12.6. The highest BCUT2D eigenvalue weighted by molar-refractivity contribution is 5.30. The van der Waals surface area contributed by atoms with Crippen molar-refractivity contribution < 1.29 is 9.47 Å². The summed E-state index contributed by atoms with van der Waals surface area (Å²) in [6.45, 7) is 9.37. The molecule has 1 aromatic rings. The largest absolute Gasteiger partial charge is 0.383 e. The van der Waals surface area contributed by atoms with E-state index in [1.807, 2.05) is 13.8 Å². The first kappa shape index (κ1) is 16.0. The summed E-state index contributed by atoms with van der Waals surface area (Å²) in [5.41, 5.74) is 1.03. The minimum absolute atomic E-state index is 0.303. The second kappa shape index (κ2) is 8.93. The van der Waals surface area contributed by atoms with Crippen molar-refractivity contribution in [3.63, 3.8) is 0 Å². The van der Waals surface area contributed by atoms with Gasteiger partial charge in [0.15, 0.2) is 0 Å². The molecule has 110 valence electrons. The Morgan fingerprint density at radius 1 is 1.42 bits per heavy atom. The van der Waals surface area contributed by atoms with Crippen molar-refractivity contribution in [3.8, 4) is 0 Å². The Bertz CT molecular complexity index is 352. The van der Waals surface area contributed by atoms with Crippen molar-refractivity contribution in [1.29, 1.82) is 0 Å². The summed E-state index contributed by atoms with van der Waals surface area (Å²) in [7, 11) is 1.73. The summed E-state index contributed by atoms with van der Waals surface area (Å²) >= 11 is 0. The number of rotatable bonds is 10. The third-order valence-electron chi connectivity index (χ3n) is 2.98. The van der Waals surface area contributed by atoms with Gasteiger partial charge in [-0.25, -0.2) is 4.98 Å². The molecule has 19 heavy (non-hydrogen) atoms. The number of ether oxygens (including phenoxy) is 2. The van der Waals surface area contributed by atoms with E-state index in [0.29, 0.717) is 12.6 Å². The van der Waals surface area contributed by atoms with Gasteiger partial charge in [0.25, 0.3) is 0 Å². The normalized spacial score (nSPS) is 12.6. The Morgan fingerprint density at radius 2 is 2.21 bits per heavy atom. The number of aryl methyl sites for hydroxylation is 2. The van der Waals surface area contributed by atoms with Crippen molar-refractivity contribution >= 4 is 5.95 Å². The van der Waals surface area contributed by atoms with Crippen molar-refractivity contribution in [2.24, 2.45) is 0 Å². The van der Waals surface area contributed by atoms with E-state index in [1.165, 1.54) is 0 Å². The smallest absolute Gasteiger partial charge is 0.203 e. The van der Waals surface area contributed by atoms with Crippen LogP contribution in [0.4, 0.5) is 5.95 Å². The summed E-state index contributed by atoms with van der Waals surface area (Å²) in [4.78, 5) is 4.54. The van der Waals surface area contributed by atoms with Crippen LogP contribution < -0.4 is 5.32 Å². The third kappa shape index (κ3) is 5.61. The van der Waals surface area contributed by atoms with Gasteiger partial charge in [-0.2, -0.15) is 0 Å². The number of methoxy groups -OCH3 is 1. The van der Waals surface area contributed by atoms with Crippen LogP contribution in [0.25, 0.3) is 0 Å². The van der Waals surface area contributed by atoms with Crippen molar-refractivity contribution in [1.82, 2.24) is 9.55 Å². The number of hydrogen-bond donors (Lipinski definition) is 1. The fourth-order valence-corrected chi connectivity index (χ4v) is 1.96. The molecule has 0 radical (unpaired) electrons. The molecular weight excluding hydrogens is 242 g/mol. The fourth-order valence-electron chi connectivity index (χ4n) is 1.96. The molecule has 0 amide bonds. The van der Waals surface area contributed by atoms with Crippen molar-refractivity contribution in [2.75, 3.05) is 32.2 Å². The lowest BCUT2D eigenvalue weighted by molar-refractivity contribution is 0.141. The second-order valence-corrected chi connectivity index (χ2v) is 4.65. The van der Waals surface area contributed by atoms with Gasteiger partial charge in [0.1, 0.15) is 0 Å². The first-order valence-electron chi connectivity index (χ1n) is 7.08. The maximum atomic E-state index is 5.37. The number of imidazole rings is 1. The van der Waals surface area contributed by atoms with E-state index < -0.39 is 0 Å². The van der Waals surface area contributed by atoms with Crippen LogP contribution in [-0.2, 0) is 16.0 Å². The number of nitrogens with one attached hydrogen (secondary N) is 1. The van der Waals surface area contributed by atoms with E-state index >= 15 is 0 Å². The summed E-state index contributed by atoms with van der Waals surface area (Å²) < 4.78 is 12.7. The molecule has 1 N–H and O–H groups in total. The molecule has 0 fully saturated rings. The maximum absolute atomic E-state index is 5.37. The summed E-state index contributed by atoms with van der Waals surface area (Å²) in [6.07, 6.45) is 4.09. The fraction of sp³-hybridized carbons (Fsp3) is 0.786. The minimum Gasteiger partial charge on any atom is -0.383 e. The molecule has 1 aromatic heterocycles. The summed E-state index contributed by atoms with van der Waals surface area (Å²) in [5.74, 6) is 0.929. The molecule has 1 rings (SSSR count). The van der Waals surface area contributed by atoms with Gasteiger partial charge < -0.3 is 19.4 Å². The van der Waals surface area contributed by atoms with Crippen LogP contribution in [-0.4, -0.2) is 42.5 Å². The molecule has 0 aliphatic heterocycles. The maximum Gasteiger partial charge on any atom is 0.203 e. The number of anilines is 1. The van der Waals surface area contributed by atoms with Gasteiger partial charge in [-0.3, -0.25) is 0 Å². The highest BCUT2D eigenvalue weighted by atomic mass is 16.5. The minimum atomic E-state index is 0.303. The van der Waals surface area contributed by atoms with E-state index in [0.717, 1.165) is 44.2 Å². The lowest BCUT2D eigenvalue weighted by Crippen LogP contribution is -2.26. The standard InChI is InChI=1S/C14H27N3O2/c1-5-13(11-18-4)16-14-15-12(3)10-17(14)8-7-9-19-6-2/h10,13H,5-9,11H2,1-4H3,(H,15,16).